The average Bonchev–Trinajstić information content (AvgIpc) is 2.87. The van der Waals surface area contributed by atoms with Crippen LogP contribution >= 0.6 is 0 Å². The number of ether oxygens (including phenoxy) is 1. The van der Waals surface area contributed by atoms with Crippen LogP contribution in [0.15, 0.2) is 30.5 Å². The molecular formula is C13H7F6N5O. The van der Waals surface area contributed by atoms with Gasteiger partial charge in [-0.25, -0.2) is 14.6 Å². The summed E-state index contributed by atoms with van der Waals surface area (Å²) in [6, 6.07) is 4.59. The first-order chi connectivity index (χ1) is 11.6. The van der Waals surface area contributed by atoms with Crippen molar-refractivity contribution in [2.24, 2.45) is 0 Å². The molecule has 0 saturated heterocycles. The van der Waals surface area contributed by atoms with E-state index in [1.165, 1.54) is 18.3 Å². The van der Waals surface area contributed by atoms with Crippen molar-refractivity contribution in [1.82, 2.24) is 25.0 Å². The van der Waals surface area contributed by atoms with Crippen LogP contribution in [0.1, 0.15) is 0 Å². The number of halogens is 6. The van der Waals surface area contributed by atoms with Gasteiger partial charge in [0.1, 0.15) is 12.3 Å². The molecule has 2 heterocycles. The van der Waals surface area contributed by atoms with Crippen molar-refractivity contribution in [3.63, 3.8) is 0 Å². The number of rotatable bonds is 3. The molecule has 2 aromatic heterocycles. The highest BCUT2D eigenvalue weighted by molar-refractivity contribution is 5.71. The van der Waals surface area contributed by atoms with Crippen molar-refractivity contribution in [1.29, 1.82) is 0 Å². The van der Waals surface area contributed by atoms with E-state index in [0.717, 1.165) is 12.1 Å². The van der Waals surface area contributed by atoms with E-state index >= 15 is 0 Å². The summed E-state index contributed by atoms with van der Waals surface area (Å²) in [5.41, 5.74) is 0.208. The van der Waals surface area contributed by atoms with Gasteiger partial charge in [-0.2, -0.15) is 13.2 Å². The van der Waals surface area contributed by atoms with Crippen LogP contribution in [0, 0.1) is 0 Å². The molecule has 0 aliphatic carbocycles. The molecule has 0 unspecified atom stereocenters. The third-order valence-corrected chi connectivity index (χ3v) is 2.93. The van der Waals surface area contributed by atoms with Gasteiger partial charge in [-0.15, -0.1) is 18.3 Å². The maximum Gasteiger partial charge on any atom is 0.573 e. The molecule has 12 heteroatoms. The molecule has 0 aliphatic rings. The molecule has 1 aromatic carbocycles. The summed E-state index contributed by atoms with van der Waals surface area (Å²) in [7, 11) is 0. The van der Waals surface area contributed by atoms with Crippen molar-refractivity contribution in [3.8, 4) is 17.1 Å². The molecule has 0 bridgehead atoms. The fourth-order valence-electron chi connectivity index (χ4n) is 1.99. The van der Waals surface area contributed by atoms with Crippen molar-refractivity contribution in [2.75, 3.05) is 0 Å². The summed E-state index contributed by atoms with van der Waals surface area (Å²) >= 11 is 0. The number of aromatic nitrogens is 5. The molecule has 3 rings (SSSR count). The highest BCUT2D eigenvalue weighted by Gasteiger charge is 2.31. The van der Waals surface area contributed by atoms with Crippen molar-refractivity contribution in [3.05, 3.63) is 30.5 Å². The predicted octanol–water partition coefficient (Wildman–Crippen LogP) is 3.35. The first-order valence-electron chi connectivity index (χ1n) is 6.60. The van der Waals surface area contributed by atoms with Crippen LogP contribution < -0.4 is 4.74 Å². The second-order valence-electron chi connectivity index (χ2n) is 4.84. The Labute approximate surface area is 135 Å². The molecule has 6 nitrogen and oxygen atoms in total. The lowest BCUT2D eigenvalue weighted by molar-refractivity contribution is -0.274. The number of hydrogen-bond donors (Lipinski definition) is 0. The van der Waals surface area contributed by atoms with E-state index in [-0.39, 0.29) is 22.6 Å². The lowest BCUT2D eigenvalue weighted by Crippen LogP contribution is -2.19. The third kappa shape index (κ3) is 4.14. The molecule has 3 aromatic rings. The molecule has 0 aliphatic heterocycles. The summed E-state index contributed by atoms with van der Waals surface area (Å²) in [5, 5.41) is 6.90. The Morgan fingerprint density at radius 1 is 1.00 bits per heavy atom. The zero-order chi connectivity index (χ0) is 18.2. The molecule has 132 valence electrons. The van der Waals surface area contributed by atoms with Crippen LogP contribution in [0.3, 0.4) is 0 Å². The average molecular weight is 363 g/mol. The first kappa shape index (κ1) is 16.9. The van der Waals surface area contributed by atoms with E-state index in [9.17, 15) is 26.3 Å². The fourth-order valence-corrected chi connectivity index (χ4v) is 1.99. The van der Waals surface area contributed by atoms with E-state index in [0.29, 0.717) is 4.68 Å². The number of benzene rings is 1. The monoisotopic (exact) mass is 363 g/mol. The number of nitrogens with zero attached hydrogens (tertiary/aromatic N) is 5. The summed E-state index contributed by atoms with van der Waals surface area (Å²) in [4.78, 5) is 7.88. The zero-order valence-corrected chi connectivity index (χ0v) is 12.0. The third-order valence-electron chi connectivity index (χ3n) is 2.93. The van der Waals surface area contributed by atoms with E-state index in [4.69, 9.17) is 0 Å². The van der Waals surface area contributed by atoms with Crippen LogP contribution in [0.5, 0.6) is 5.75 Å². The largest absolute Gasteiger partial charge is 0.573 e. The predicted molar refractivity (Wildman–Crippen MR) is 71.3 cm³/mol. The van der Waals surface area contributed by atoms with Gasteiger partial charge in [0.25, 0.3) is 0 Å². The van der Waals surface area contributed by atoms with Crippen LogP contribution in [-0.2, 0) is 6.54 Å². The van der Waals surface area contributed by atoms with Crippen LogP contribution in [0.2, 0.25) is 0 Å². The van der Waals surface area contributed by atoms with Crippen LogP contribution in [0.25, 0.3) is 22.6 Å². The lowest BCUT2D eigenvalue weighted by Gasteiger charge is -2.09. The van der Waals surface area contributed by atoms with Gasteiger partial charge in [0.2, 0.25) is 0 Å². The van der Waals surface area contributed by atoms with Crippen LogP contribution in [0.4, 0.5) is 26.3 Å². The minimum atomic E-state index is -4.83. The molecule has 25 heavy (non-hydrogen) atoms. The van der Waals surface area contributed by atoms with Gasteiger partial charge in [0, 0.05) is 5.56 Å². The molecule has 0 N–H and O–H groups in total. The van der Waals surface area contributed by atoms with Crippen molar-refractivity contribution >= 4 is 11.2 Å². The van der Waals surface area contributed by atoms with Crippen molar-refractivity contribution in [2.45, 2.75) is 19.1 Å². The van der Waals surface area contributed by atoms with E-state index in [2.05, 4.69) is 25.0 Å². The maximum absolute atomic E-state index is 12.5. The van der Waals surface area contributed by atoms with Gasteiger partial charge < -0.3 is 4.74 Å². The van der Waals surface area contributed by atoms with Crippen molar-refractivity contribution < 1.29 is 31.1 Å². The summed E-state index contributed by atoms with van der Waals surface area (Å²) < 4.78 is 78.2. The van der Waals surface area contributed by atoms with Gasteiger partial charge in [0.15, 0.2) is 17.0 Å². The molecule has 0 fully saturated rings. The second kappa shape index (κ2) is 5.86. The summed E-state index contributed by atoms with van der Waals surface area (Å²) in [6.45, 7) is -1.38. The fraction of sp³-hybridized carbons (Fsp3) is 0.231. The molecule has 0 amide bonds. The Bertz CT molecular complexity index is 887. The zero-order valence-electron chi connectivity index (χ0n) is 12.0. The highest BCUT2D eigenvalue weighted by Crippen LogP contribution is 2.26. The Morgan fingerprint density at radius 2 is 1.68 bits per heavy atom. The Balaban J connectivity index is 1.92. The standard InChI is InChI=1S/C13H7F6N5O/c14-12(15,16)6-24-11-9(22-23-24)5-20-10(21-11)7-1-3-8(4-2-7)25-13(17,18)19/h1-5H,6H2. The summed E-state index contributed by atoms with van der Waals surface area (Å²) in [5.74, 6) is -0.433. The highest BCUT2D eigenvalue weighted by atomic mass is 19.4. The molecule has 0 spiro atoms. The first-order valence-corrected chi connectivity index (χ1v) is 6.60. The lowest BCUT2D eigenvalue weighted by atomic mass is 10.2. The molecule has 0 atom stereocenters. The molecular weight excluding hydrogens is 356 g/mol. The SMILES string of the molecule is FC(F)(F)Cn1nnc2cnc(-c3ccc(OC(F)(F)F)cc3)nc21. The Hall–Kier alpha value is -2.92. The number of alkyl halides is 6. The number of hydrogen-bond acceptors (Lipinski definition) is 5. The van der Waals surface area contributed by atoms with Gasteiger partial charge >= 0.3 is 12.5 Å². The molecule has 0 saturated carbocycles. The van der Waals surface area contributed by atoms with Gasteiger partial charge in [-0.1, -0.05) is 5.21 Å². The molecule has 0 radical (unpaired) electrons. The summed E-state index contributed by atoms with van der Waals surface area (Å²) in [6.07, 6.45) is -8.16. The maximum atomic E-state index is 12.5. The second-order valence-corrected chi connectivity index (χ2v) is 4.84. The van der Waals surface area contributed by atoms with E-state index in [1.54, 1.807) is 0 Å². The van der Waals surface area contributed by atoms with Gasteiger partial charge in [0.05, 0.1) is 6.20 Å². The minimum Gasteiger partial charge on any atom is -0.406 e. The minimum absolute atomic E-state index is 0.0109. The quantitative estimate of drug-likeness (QED) is 0.668. The van der Waals surface area contributed by atoms with Gasteiger partial charge in [-0.3, -0.25) is 0 Å². The van der Waals surface area contributed by atoms with Crippen LogP contribution in [-0.4, -0.2) is 37.5 Å². The normalized spacial score (nSPS) is 12.6. The number of fused-ring (bicyclic) bond motifs is 1. The Kier molecular flexibility index (Phi) is 3.97. The smallest absolute Gasteiger partial charge is 0.406 e. The van der Waals surface area contributed by atoms with Gasteiger partial charge in [-0.05, 0) is 24.3 Å². The topological polar surface area (TPSA) is 65.7 Å². The Morgan fingerprint density at radius 3 is 2.28 bits per heavy atom. The van der Waals surface area contributed by atoms with E-state index < -0.39 is 24.8 Å². The van der Waals surface area contributed by atoms with E-state index in [1.807, 2.05) is 0 Å².